The highest BCUT2D eigenvalue weighted by Gasteiger charge is 2.29. The third-order valence-corrected chi connectivity index (χ3v) is 6.78. The molecule has 2 amide bonds. The molecule has 1 N–H and O–H groups in total. The maximum Gasteiger partial charge on any atom is 0.446 e. The summed E-state index contributed by atoms with van der Waals surface area (Å²) in [5.74, 6) is -0.186. The molecule has 9 heteroatoms. The van der Waals surface area contributed by atoms with Crippen LogP contribution >= 0.6 is 11.8 Å². The van der Waals surface area contributed by atoms with Gasteiger partial charge in [0.15, 0.2) is 0 Å². The van der Waals surface area contributed by atoms with E-state index in [9.17, 15) is 22.8 Å². The molecule has 0 aromatic heterocycles. The van der Waals surface area contributed by atoms with Crippen molar-refractivity contribution in [3.63, 3.8) is 0 Å². The van der Waals surface area contributed by atoms with Gasteiger partial charge in [-0.3, -0.25) is 14.5 Å². The number of benzene rings is 2. The number of hydrogen-bond donors (Lipinski definition) is 1. The molecule has 3 rings (SSSR count). The van der Waals surface area contributed by atoms with Crippen LogP contribution in [0.5, 0.6) is 0 Å². The lowest BCUT2D eigenvalue weighted by Gasteiger charge is -2.22. The van der Waals surface area contributed by atoms with Crippen LogP contribution in [0.2, 0.25) is 0 Å². The summed E-state index contributed by atoms with van der Waals surface area (Å²) in [6.07, 6.45) is 2.46. The predicted octanol–water partition coefficient (Wildman–Crippen LogP) is 5.14. The topological polar surface area (TPSA) is 52.7 Å². The fourth-order valence-corrected chi connectivity index (χ4v) is 4.93. The van der Waals surface area contributed by atoms with Gasteiger partial charge in [-0.25, -0.2) is 0 Å². The fraction of sp³-hybridized carbons (Fsp3) is 0.462. The van der Waals surface area contributed by atoms with Crippen molar-refractivity contribution in [2.75, 3.05) is 38.0 Å². The number of alkyl halides is 3. The molecule has 35 heavy (non-hydrogen) atoms. The molecule has 2 aromatic carbocycles. The van der Waals surface area contributed by atoms with E-state index in [1.165, 1.54) is 12.1 Å². The molecule has 0 saturated carbocycles. The summed E-state index contributed by atoms with van der Waals surface area (Å²) in [6, 6.07) is 12.1. The number of anilines is 1. The molecular weight excluding hydrogens is 475 g/mol. The van der Waals surface area contributed by atoms with E-state index >= 15 is 0 Å². The quantitative estimate of drug-likeness (QED) is 0.503. The Labute approximate surface area is 209 Å². The number of halogens is 3. The number of para-hydroxylation sites is 1. The molecular formula is C26H32F3N3O2S. The minimum atomic E-state index is -4.36. The van der Waals surface area contributed by atoms with Crippen LogP contribution in [0.3, 0.4) is 0 Å². The molecule has 5 nitrogen and oxygen atoms in total. The first-order chi connectivity index (χ1) is 16.7. The number of nitrogens with zero attached hydrogens (tertiary/aromatic N) is 2. The minimum Gasteiger partial charge on any atom is -0.341 e. The second kappa shape index (κ2) is 12.4. The molecule has 2 aromatic rings. The summed E-state index contributed by atoms with van der Waals surface area (Å²) >= 11 is -0.178. The van der Waals surface area contributed by atoms with Gasteiger partial charge in [-0.1, -0.05) is 44.2 Å². The van der Waals surface area contributed by atoms with Crippen molar-refractivity contribution in [2.24, 2.45) is 0 Å². The molecule has 0 spiro atoms. The van der Waals surface area contributed by atoms with Gasteiger partial charge in [0.05, 0.1) is 13.0 Å². The minimum absolute atomic E-state index is 0.0559. The summed E-state index contributed by atoms with van der Waals surface area (Å²) < 4.78 is 38.0. The van der Waals surface area contributed by atoms with Crippen LogP contribution in [0.1, 0.15) is 37.0 Å². The summed E-state index contributed by atoms with van der Waals surface area (Å²) in [5.41, 5.74) is -0.669. The standard InChI is InChI=1S/C26H32F3N3O2S/c1-3-20-9-6-10-21(4-2)25(20)30-23(33)18-31-12-7-13-32(15-14-31)24(34)17-19-8-5-11-22(16-19)35-26(27,28)29/h5-6,8-11,16H,3-4,7,12-15,17-18H2,1-2H3,(H,30,33). The number of amides is 2. The number of hydrogen-bond acceptors (Lipinski definition) is 4. The van der Waals surface area contributed by atoms with Crippen molar-refractivity contribution in [1.29, 1.82) is 0 Å². The zero-order valence-corrected chi connectivity index (χ0v) is 21.0. The first kappa shape index (κ1) is 27.1. The van der Waals surface area contributed by atoms with Gasteiger partial charge >= 0.3 is 5.51 Å². The second-order valence-electron chi connectivity index (χ2n) is 8.59. The molecule has 1 heterocycles. The molecule has 190 valence electrons. The molecule has 1 saturated heterocycles. The Hall–Kier alpha value is -2.52. The lowest BCUT2D eigenvalue weighted by molar-refractivity contribution is -0.130. The van der Waals surface area contributed by atoms with Gasteiger partial charge in [-0.2, -0.15) is 13.2 Å². The summed E-state index contributed by atoms with van der Waals surface area (Å²) in [7, 11) is 0. The van der Waals surface area contributed by atoms with Crippen LogP contribution in [-0.2, 0) is 28.9 Å². The molecule has 0 bridgehead atoms. The van der Waals surface area contributed by atoms with Gasteiger partial charge in [-0.15, -0.1) is 0 Å². The second-order valence-corrected chi connectivity index (χ2v) is 9.73. The third kappa shape index (κ3) is 8.28. The normalized spacial score (nSPS) is 15.1. The van der Waals surface area contributed by atoms with E-state index in [-0.39, 0.29) is 41.4 Å². The Morgan fingerprint density at radius 2 is 1.66 bits per heavy atom. The number of carbonyl (C=O) groups excluding carboxylic acids is 2. The van der Waals surface area contributed by atoms with E-state index < -0.39 is 5.51 Å². The van der Waals surface area contributed by atoms with Crippen LogP contribution in [0.25, 0.3) is 0 Å². The van der Waals surface area contributed by atoms with Crippen molar-refractivity contribution in [1.82, 2.24) is 9.80 Å². The maximum absolute atomic E-state index is 12.8. The smallest absolute Gasteiger partial charge is 0.341 e. The average Bonchev–Trinajstić information content (AvgIpc) is 3.04. The monoisotopic (exact) mass is 507 g/mol. The van der Waals surface area contributed by atoms with Gasteiger partial charge in [0.2, 0.25) is 11.8 Å². The van der Waals surface area contributed by atoms with Crippen LogP contribution in [0, 0.1) is 0 Å². The Morgan fingerprint density at radius 3 is 2.31 bits per heavy atom. The van der Waals surface area contributed by atoms with Crippen molar-refractivity contribution in [3.05, 3.63) is 59.2 Å². The van der Waals surface area contributed by atoms with Gasteiger partial charge < -0.3 is 10.2 Å². The molecule has 1 fully saturated rings. The molecule has 0 aliphatic carbocycles. The first-order valence-electron chi connectivity index (χ1n) is 11.9. The maximum atomic E-state index is 12.8. The Bertz CT molecular complexity index is 1010. The number of aryl methyl sites for hydroxylation is 2. The lowest BCUT2D eigenvalue weighted by atomic mass is 10.0. The van der Waals surface area contributed by atoms with Crippen LogP contribution in [0.4, 0.5) is 18.9 Å². The highest BCUT2D eigenvalue weighted by Crippen LogP contribution is 2.37. The van der Waals surface area contributed by atoms with E-state index in [1.54, 1.807) is 17.0 Å². The number of nitrogens with one attached hydrogen (secondary N) is 1. The van der Waals surface area contributed by atoms with E-state index in [0.29, 0.717) is 31.7 Å². The largest absolute Gasteiger partial charge is 0.446 e. The van der Waals surface area contributed by atoms with Gasteiger partial charge in [0.1, 0.15) is 0 Å². The number of rotatable bonds is 8. The van der Waals surface area contributed by atoms with Crippen molar-refractivity contribution in [2.45, 2.75) is 49.9 Å². The first-order valence-corrected chi connectivity index (χ1v) is 12.8. The van der Waals surface area contributed by atoms with E-state index in [1.807, 2.05) is 23.1 Å². The van der Waals surface area contributed by atoms with Crippen molar-refractivity contribution >= 4 is 29.3 Å². The van der Waals surface area contributed by atoms with Gasteiger partial charge in [0.25, 0.3) is 0 Å². The van der Waals surface area contributed by atoms with E-state index in [2.05, 4.69) is 19.2 Å². The SMILES string of the molecule is CCc1cccc(CC)c1NC(=O)CN1CCCN(C(=O)Cc2cccc(SC(F)(F)F)c2)CC1. The summed E-state index contributed by atoms with van der Waals surface area (Å²) in [5, 5.41) is 3.09. The van der Waals surface area contributed by atoms with E-state index in [4.69, 9.17) is 0 Å². The zero-order valence-electron chi connectivity index (χ0n) is 20.2. The Kier molecular flexibility index (Phi) is 9.63. The van der Waals surface area contributed by atoms with Gasteiger partial charge in [-0.05, 0) is 59.8 Å². The molecule has 0 atom stereocenters. The Morgan fingerprint density at radius 1 is 0.971 bits per heavy atom. The van der Waals surface area contributed by atoms with Crippen molar-refractivity contribution in [3.8, 4) is 0 Å². The average molecular weight is 508 g/mol. The fourth-order valence-electron chi connectivity index (χ4n) is 4.30. The molecule has 0 radical (unpaired) electrons. The summed E-state index contributed by atoms with van der Waals surface area (Å²) in [6.45, 7) is 6.69. The predicted molar refractivity (Wildman–Crippen MR) is 134 cm³/mol. The number of carbonyl (C=O) groups is 2. The van der Waals surface area contributed by atoms with Crippen molar-refractivity contribution < 1.29 is 22.8 Å². The van der Waals surface area contributed by atoms with Crippen LogP contribution in [-0.4, -0.2) is 59.8 Å². The molecule has 0 unspecified atom stereocenters. The van der Waals surface area contributed by atoms with Gasteiger partial charge in [0, 0.05) is 36.8 Å². The summed E-state index contributed by atoms with van der Waals surface area (Å²) in [4.78, 5) is 29.5. The third-order valence-electron chi connectivity index (χ3n) is 6.06. The molecule has 1 aliphatic heterocycles. The lowest BCUT2D eigenvalue weighted by Crippen LogP contribution is -2.38. The highest BCUT2D eigenvalue weighted by molar-refractivity contribution is 8.00. The van der Waals surface area contributed by atoms with Crippen LogP contribution < -0.4 is 5.32 Å². The Balaban J connectivity index is 1.54. The van der Waals surface area contributed by atoms with E-state index in [0.717, 1.165) is 36.1 Å². The number of thioether (sulfide) groups is 1. The van der Waals surface area contributed by atoms with Crippen LogP contribution in [0.15, 0.2) is 47.4 Å². The zero-order chi connectivity index (χ0) is 25.4. The molecule has 1 aliphatic rings. The highest BCUT2D eigenvalue weighted by atomic mass is 32.2.